The molecule has 0 radical (unpaired) electrons. The van der Waals surface area contributed by atoms with E-state index in [0.717, 1.165) is 5.69 Å². The molecule has 0 bridgehead atoms. The third-order valence-electron chi connectivity index (χ3n) is 3.15. The minimum Gasteiger partial charge on any atom is -0.494 e. The van der Waals surface area contributed by atoms with Crippen LogP contribution in [-0.2, 0) is 0 Å². The maximum absolute atomic E-state index is 12.5. The summed E-state index contributed by atoms with van der Waals surface area (Å²) >= 11 is 0. The van der Waals surface area contributed by atoms with Crippen LogP contribution in [0.4, 0.5) is 5.69 Å². The van der Waals surface area contributed by atoms with Crippen LogP contribution in [0.1, 0.15) is 10.5 Å². The number of nitrogens with zero attached hydrogens (tertiary/aromatic N) is 1. The van der Waals surface area contributed by atoms with E-state index >= 15 is 0 Å². The van der Waals surface area contributed by atoms with Crippen molar-refractivity contribution in [3.63, 3.8) is 0 Å². The van der Waals surface area contributed by atoms with Crippen LogP contribution >= 0.6 is 0 Å². The maximum atomic E-state index is 12.5. The van der Waals surface area contributed by atoms with Gasteiger partial charge in [-0.2, -0.15) is 0 Å². The summed E-state index contributed by atoms with van der Waals surface area (Å²) < 4.78 is 10.9. The molecule has 20 heavy (non-hydrogen) atoms. The van der Waals surface area contributed by atoms with Gasteiger partial charge in [-0.05, 0) is 24.3 Å². The molecule has 1 aliphatic heterocycles. The fourth-order valence-electron chi connectivity index (χ4n) is 2.15. The molecule has 2 aromatic rings. The third-order valence-corrected chi connectivity index (χ3v) is 3.15. The van der Waals surface area contributed by atoms with E-state index in [4.69, 9.17) is 9.47 Å². The van der Waals surface area contributed by atoms with Crippen LogP contribution in [0.2, 0.25) is 0 Å². The molecule has 1 N–H and O–H groups in total. The highest BCUT2D eigenvalue weighted by Gasteiger charge is 2.29. The summed E-state index contributed by atoms with van der Waals surface area (Å²) in [6.45, 7) is 0.412. The number of pyridine rings is 1. The topological polar surface area (TPSA) is 60.5 Å². The van der Waals surface area contributed by atoms with Gasteiger partial charge < -0.3 is 14.8 Å². The molecule has 5 heteroatoms. The number of carbonyl (C=O) groups excluding carboxylic acids is 1. The molecular weight excluding hydrogens is 256 g/mol. The molecule has 0 amide bonds. The van der Waals surface area contributed by atoms with Gasteiger partial charge >= 0.3 is 0 Å². The summed E-state index contributed by atoms with van der Waals surface area (Å²) in [5.41, 5.74) is 1.19. The van der Waals surface area contributed by atoms with Crippen molar-refractivity contribution in [2.45, 2.75) is 6.10 Å². The number of carbonyl (C=O) groups is 1. The largest absolute Gasteiger partial charge is 0.494 e. The Morgan fingerprint density at radius 3 is 3.05 bits per heavy atom. The van der Waals surface area contributed by atoms with Crippen molar-refractivity contribution >= 4 is 11.5 Å². The molecular formula is C15H14N2O3. The Morgan fingerprint density at radius 2 is 2.20 bits per heavy atom. The smallest absolute Gasteiger partial charge is 0.227 e. The normalized spacial score (nSPS) is 16.6. The van der Waals surface area contributed by atoms with Crippen LogP contribution in [0, 0.1) is 0 Å². The zero-order valence-electron chi connectivity index (χ0n) is 11.0. The lowest BCUT2D eigenvalue weighted by Gasteiger charge is -2.26. The summed E-state index contributed by atoms with van der Waals surface area (Å²) in [6, 6.07) is 11.0. The van der Waals surface area contributed by atoms with Gasteiger partial charge in [0.1, 0.15) is 11.5 Å². The van der Waals surface area contributed by atoms with Gasteiger partial charge in [-0.1, -0.05) is 12.1 Å². The molecule has 1 aliphatic rings. The van der Waals surface area contributed by atoms with Gasteiger partial charge in [0.2, 0.25) is 5.78 Å². The number of hydrogen-bond donors (Lipinski definition) is 1. The quantitative estimate of drug-likeness (QED) is 0.866. The van der Waals surface area contributed by atoms with Crippen molar-refractivity contribution < 1.29 is 14.3 Å². The van der Waals surface area contributed by atoms with Gasteiger partial charge in [0.05, 0.1) is 19.3 Å². The van der Waals surface area contributed by atoms with E-state index in [1.165, 1.54) is 7.11 Å². The Labute approximate surface area is 116 Å². The van der Waals surface area contributed by atoms with Crippen molar-refractivity contribution in [3.8, 4) is 11.5 Å². The van der Waals surface area contributed by atoms with E-state index in [0.29, 0.717) is 23.7 Å². The molecule has 0 fully saturated rings. The number of aromatic nitrogens is 1. The summed E-state index contributed by atoms with van der Waals surface area (Å²) in [6.07, 6.45) is 0.966. The second-order valence-corrected chi connectivity index (χ2v) is 4.40. The predicted octanol–water partition coefficient (Wildman–Crippen LogP) is 2.15. The van der Waals surface area contributed by atoms with Crippen LogP contribution in [0.3, 0.4) is 0 Å². The second kappa shape index (κ2) is 5.21. The minimum absolute atomic E-state index is 0.190. The van der Waals surface area contributed by atoms with E-state index in [1.807, 2.05) is 24.3 Å². The van der Waals surface area contributed by atoms with Crippen molar-refractivity contribution in [3.05, 3.63) is 48.3 Å². The number of rotatable bonds is 3. The first-order valence-corrected chi connectivity index (χ1v) is 6.32. The molecule has 1 aromatic heterocycles. The maximum Gasteiger partial charge on any atom is 0.227 e. The van der Waals surface area contributed by atoms with Gasteiger partial charge in [-0.25, -0.2) is 4.98 Å². The number of hydrogen-bond acceptors (Lipinski definition) is 5. The second-order valence-electron chi connectivity index (χ2n) is 4.40. The molecule has 1 unspecified atom stereocenters. The van der Waals surface area contributed by atoms with Crippen LogP contribution in [0.5, 0.6) is 11.5 Å². The molecule has 1 atom stereocenters. The molecule has 0 saturated heterocycles. The fraction of sp³-hybridized carbons (Fsp3) is 0.200. The molecule has 5 nitrogen and oxygen atoms in total. The van der Waals surface area contributed by atoms with Crippen LogP contribution in [0.15, 0.2) is 42.6 Å². The average molecular weight is 270 g/mol. The van der Waals surface area contributed by atoms with Crippen molar-refractivity contribution in [2.75, 3.05) is 19.0 Å². The number of benzene rings is 1. The first-order valence-electron chi connectivity index (χ1n) is 6.32. The summed E-state index contributed by atoms with van der Waals surface area (Å²) in [5, 5.41) is 3.19. The number of ether oxygens (including phenoxy) is 2. The number of methoxy groups -OCH3 is 1. The zero-order chi connectivity index (χ0) is 13.9. The number of ketones is 1. The molecule has 102 valence electrons. The Kier molecular flexibility index (Phi) is 3.25. The van der Waals surface area contributed by atoms with Gasteiger partial charge in [0, 0.05) is 6.20 Å². The monoisotopic (exact) mass is 270 g/mol. The van der Waals surface area contributed by atoms with E-state index in [1.54, 1.807) is 18.3 Å². The minimum atomic E-state index is -0.603. The molecule has 0 saturated carbocycles. The summed E-state index contributed by atoms with van der Waals surface area (Å²) in [4.78, 5) is 16.6. The van der Waals surface area contributed by atoms with Gasteiger partial charge in [-0.3, -0.25) is 4.79 Å². The zero-order valence-corrected chi connectivity index (χ0v) is 11.0. The van der Waals surface area contributed by atoms with Crippen molar-refractivity contribution in [1.82, 2.24) is 4.98 Å². The highest BCUT2D eigenvalue weighted by Crippen LogP contribution is 2.29. The number of Topliss-reactive ketones (excluding diaryl/α,β-unsaturated/α-hetero) is 1. The first-order chi connectivity index (χ1) is 9.79. The highest BCUT2D eigenvalue weighted by molar-refractivity contribution is 6.01. The first kappa shape index (κ1) is 12.5. The summed E-state index contributed by atoms with van der Waals surface area (Å²) in [5.74, 6) is 0.941. The molecule has 0 spiro atoms. The standard InChI is InChI=1S/C15H14N2O3/c1-19-12-7-4-8-16-14(12)15(18)13-9-17-10-5-2-3-6-11(10)20-13/h2-8,13,17H,9H2,1H3. The molecule has 2 heterocycles. The lowest BCUT2D eigenvalue weighted by atomic mass is 10.1. The highest BCUT2D eigenvalue weighted by atomic mass is 16.5. The Morgan fingerprint density at radius 1 is 1.35 bits per heavy atom. The molecule has 0 aliphatic carbocycles. The van der Waals surface area contributed by atoms with Crippen LogP contribution in [0.25, 0.3) is 0 Å². The molecule has 3 rings (SSSR count). The Bertz CT molecular complexity index is 643. The van der Waals surface area contributed by atoms with Gasteiger partial charge in [0.25, 0.3) is 0 Å². The van der Waals surface area contributed by atoms with E-state index in [2.05, 4.69) is 10.3 Å². The Balaban J connectivity index is 1.86. The van der Waals surface area contributed by atoms with Crippen LogP contribution in [-0.4, -0.2) is 30.5 Å². The SMILES string of the molecule is COc1cccnc1C(=O)C1CNc2ccccc2O1. The van der Waals surface area contributed by atoms with Crippen LogP contribution < -0.4 is 14.8 Å². The Hall–Kier alpha value is -2.56. The number of nitrogens with one attached hydrogen (secondary N) is 1. The average Bonchev–Trinajstić information content (AvgIpc) is 2.53. The van der Waals surface area contributed by atoms with E-state index in [-0.39, 0.29) is 5.78 Å². The van der Waals surface area contributed by atoms with Gasteiger partial charge in [-0.15, -0.1) is 0 Å². The fourth-order valence-corrected chi connectivity index (χ4v) is 2.15. The lowest BCUT2D eigenvalue weighted by molar-refractivity contribution is 0.0792. The molecule has 1 aromatic carbocycles. The van der Waals surface area contributed by atoms with E-state index < -0.39 is 6.10 Å². The number of para-hydroxylation sites is 2. The number of fused-ring (bicyclic) bond motifs is 1. The van der Waals surface area contributed by atoms with Gasteiger partial charge in [0.15, 0.2) is 11.8 Å². The third kappa shape index (κ3) is 2.18. The number of anilines is 1. The lowest BCUT2D eigenvalue weighted by Crippen LogP contribution is -2.38. The van der Waals surface area contributed by atoms with E-state index in [9.17, 15) is 4.79 Å². The summed E-state index contributed by atoms with van der Waals surface area (Å²) in [7, 11) is 1.52. The van der Waals surface area contributed by atoms with Crippen molar-refractivity contribution in [1.29, 1.82) is 0 Å². The van der Waals surface area contributed by atoms with Crippen molar-refractivity contribution in [2.24, 2.45) is 0 Å². The predicted molar refractivity (Wildman–Crippen MR) is 74.5 cm³/mol.